The first kappa shape index (κ1) is 90.3. The maximum absolute atomic E-state index is 15.8. The Morgan fingerprint density at radius 2 is 1.25 bits per heavy atom. The Labute approximate surface area is 652 Å². The van der Waals surface area contributed by atoms with Crippen molar-refractivity contribution in [2.24, 2.45) is 41.4 Å². The van der Waals surface area contributed by atoms with Crippen LogP contribution in [0.25, 0.3) is 0 Å². The summed E-state index contributed by atoms with van der Waals surface area (Å²) in [7, 11) is 8.07. The van der Waals surface area contributed by atoms with Gasteiger partial charge in [0, 0.05) is 81.5 Å². The molecule has 4 heterocycles. The lowest BCUT2D eigenvalue weighted by molar-refractivity contribution is -0.219. The third kappa shape index (κ3) is 21.8. The zero-order valence-electron chi connectivity index (χ0n) is 67.2. The van der Waals surface area contributed by atoms with Gasteiger partial charge in [-0.3, -0.25) is 57.5 Å². The smallest absolute Gasteiger partial charge is 0.378 e. The van der Waals surface area contributed by atoms with E-state index in [1.54, 1.807) is 33.8 Å². The Morgan fingerprint density at radius 1 is 0.634 bits per heavy atom. The van der Waals surface area contributed by atoms with E-state index in [-0.39, 0.29) is 123 Å². The molecule has 4 aliphatic heterocycles. The lowest BCUT2D eigenvalue weighted by Crippen LogP contribution is -2.65. The molecule has 0 aromatic heterocycles. The number of carbonyl (C=O) groups is 12. The quantitative estimate of drug-likeness (QED) is 0.131. The van der Waals surface area contributed by atoms with Crippen LogP contribution >= 0.6 is 0 Å². The van der Waals surface area contributed by atoms with Crippen molar-refractivity contribution in [3.63, 3.8) is 0 Å². The van der Waals surface area contributed by atoms with Crippen LogP contribution in [-0.2, 0) is 67.0 Å². The number of fused-ring (bicyclic) bond motifs is 3. The average Bonchev–Trinajstić information content (AvgIpc) is 1.50. The lowest BCUT2D eigenvalue weighted by Gasteiger charge is -2.42. The molecule has 8 aliphatic rings. The van der Waals surface area contributed by atoms with Gasteiger partial charge in [0.1, 0.15) is 72.1 Å². The van der Waals surface area contributed by atoms with Crippen molar-refractivity contribution in [3.05, 3.63) is 11.6 Å². The third-order valence-electron chi connectivity index (χ3n) is 25.1. The number of halogens is 8. The second-order valence-electron chi connectivity index (χ2n) is 33.4. The molecule has 0 radical (unpaired) electrons. The van der Waals surface area contributed by atoms with E-state index in [1.165, 1.54) is 66.8 Å². The van der Waals surface area contributed by atoms with Gasteiger partial charge in [-0.1, -0.05) is 71.4 Å². The number of morpholine rings is 1. The van der Waals surface area contributed by atoms with Crippen LogP contribution in [0, 0.1) is 41.4 Å². The number of rotatable bonds is 13. The van der Waals surface area contributed by atoms with E-state index in [0.29, 0.717) is 50.5 Å². The van der Waals surface area contributed by atoms with Crippen LogP contribution in [0.1, 0.15) is 183 Å². The minimum atomic E-state index is -5.22. The van der Waals surface area contributed by atoms with Gasteiger partial charge in [0.05, 0.1) is 44.7 Å². The molecule has 34 heteroatoms. The van der Waals surface area contributed by atoms with E-state index >= 15 is 51.9 Å². The number of alkyl halides is 8. The van der Waals surface area contributed by atoms with Crippen molar-refractivity contribution >= 4 is 70.9 Å². The molecule has 12 amide bonds. The molecule has 2 bridgehead atoms. The summed E-state index contributed by atoms with van der Waals surface area (Å²) in [5.41, 5.74) is -1.15. The van der Waals surface area contributed by atoms with E-state index in [2.05, 4.69) is 16.0 Å². The van der Waals surface area contributed by atoms with Gasteiger partial charge < -0.3 is 69.5 Å². The molecule has 7 fully saturated rings. The summed E-state index contributed by atoms with van der Waals surface area (Å²) in [4.78, 5) is 194. The number of nitrogens with zero attached hydrogens (tertiary/aromatic N) is 9. The number of amides is 12. The van der Waals surface area contributed by atoms with Crippen LogP contribution in [0.3, 0.4) is 0 Å². The zero-order valence-corrected chi connectivity index (χ0v) is 67.2. The van der Waals surface area contributed by atoms with Crippen LogP contribution in [-0.4, -0.2) is 301 Å². The van der Waals surface area contributed by atoms with E-state index in [4.69, 9.17) is 9.47 Å². The molecule has 0 aromatic rings. The zero-order chi connectivity index (χ0) is 82.8. The fourth-order valence-corrected chi connectivity index (χ4v) is 18.2. The van der Waals surface area contributed by atoms with Crippen LogP contribution in [0.2, 0.25) is 0 Å². The lowest BCUT2D eigenvalue weighted by atomic mass is 9.76. The van der Waals surface area contributed by atoms with Crippen molar-refractivity contribution in [2.75, 3.05) is 101 Å². The summed E-state index contributed by atoms with van der Waals surface area (Å²) >= 11 is 0. The maximum Gasteiger partial charge on any atom is 0.397 e. The van der Waals surface area contributed by atoms with Crippen LogP contribution in [0.15, 0.2) is 11.6 Å². The van der Waals surface area contributed by atoms with Gasteiger partial charge in [-0.15, -0.1) is 0 Å². The monoisotopic (exact) mass is 1600 g/mol. The van der Waals surface area contributed by atoms with Gasteiger partial charge in [0.2, 0.25) is 70.9 Å². The fraction of sp³-hybridized carbons (Fsp3) is 0.821. The van der Waals surface area contributed by atoms with E-state index in [1.807, 2.05) is 13.8 Å². The number of ether oxygens (including phenoxy) is 2. The molecule has 2 unspecified atom stereocenters. The van der Waals surface area contributed by atoms with Crippen molar-refractivity contribution in [3.8, 4) is 0 Å². The highest BCUT2D eigenvalue weighted by Gasteiger charge is 2.56. The van der Waals surface area contributed by atoms with Crippen LogP contribution in [0.5, 0.6) is 0 Å². The number of nitrogens with one attached hydrogen (secondary N) is 3. The van der Waals surface area contributed by atoms with E-state index < -0.39 is 230 Å². The average molecular weight is 1600 g/mol. The number of hydrogen-bond donors (Lipinski definition) is 3. The first-order valence-corrected chi connectivity index (χ1v) is 40.3. The van der Waals surface area contributed by atoms with Gasteiger partial charge in [-0.2, -0.15) is 26.3 Å². The standard InChI is InChI=1S/C78H120F8N12O14/c1-13-47(6)65-73(108)91(8)44-63(101)93(10)58-36-46(5)27-30-97(72(58)107)60(39-48-21-24-51(25-22-48)77(81,82)83)70(105)90(7)43-61(99)87-55(26-23-49-37-53(79)64(54(80)38-49)78(84,85)86)69(104)98-42-52(112-14-2)40-57(98)68(103)89-76(28-17-18-29-76)75(110)95(12)66(50-19-15-16-20-50)74(109)94(11)59(71(106)96-31-33-111-34-32-96)41-62(100)92(9)56(35-45(3)4)67(102)88-65/h27,45,47-60,64-66H,13-26,28-44H2,1-12H3,(H,87,99)(H,88,102)(H,89,103)/t47-,48?,49?,51?,52+,53?,54?,55-,56-,57-,58-,59-,60-,64?,65-,66-/m0/s1. The molecule has 1 spiro atoms. The van der Waals surface area contributed by atoms with Crippen molar-refractivity contribution in [1.82, 2.24) is 60.0 Å². The normalized spacial score (nSPS) is 31.9. The summed E-state index contributed by atoms with van der Waals surface area (Å²) in [6.45, 7) is 8.97. The van der Waals surface area contributed by atoms with Crippen molar-refractivity contribution < 1.29 is 102 Å². The molecule has 4 aliphatic carbocycles. The molecule has 632 valence electrons. The second-order valence-corrected chi connectivity index (χ2v) is 33.4. The van der Waals surface area contributed by atoms with Gasteiger partial charge in [-0.25, -0.2) is 8.78 Å². The van der Waals surface area contributed by atoms with Crippen molar-refractivity contribution in [2.45, 2.75) is 267 Å². The minimum Gasteiger partial charge on any atom is -0.378 e. The summed E-state index contributed by atoms with van der Waals surface area (Å²) in [5, 5.41) is 8.52. The number of likely N-dealkylation sites (N-methyl/N-ethyl adjacent to an activating group) is 6. The Morgan fingerprint density at radius 3 is 1.83 bits per heavy atom. The Balaban J connectivity index is 1.22. The molecule has 112 heavy (non-hydrogen) atoms. The molecule has 3 N–H and O–H groups in total. The fourth-order valence-electron chi connectivity index (χ4n) is 18.2. The minimum absolute atomic E-state index is 0.0114. The molecule has 4 saturated carbocycles. The number of hydrogen-bond acceptors (Lipinski definition) is 14. The molecule has 8 rings (SSSR count). The molecule has 12 atom stereocenters. The largest absolute Gasteiger partial charge is 0.397 e. The summed E-state index contributed by atoms with van der Waals surface area (Å²) in [6.07, 6.45) is -14.8. The van der Waals surface area contributed by atoms with E-state index in [0.717, 1.165) is 19.6 Å². The van der Waals surface area contributed by atoms with E-state index in [9.17, 15) is 40.7 Å². The summed E-state index contributed by atoms with van der Waals surface area (Å²) in [6, 6.07) is -11.5. The van der Waals surface area contributed by atoms with Gasteiger partial charge in [-0.05, 0) is 140 Å². The SMILES string of the molecule is CCO[C@@H]1C[C@H]2C(=O)NC3(CCCC3)C(=O)N(C)[C@@H](C3CCCC3)C(=O)N(C)[C@H](C(=O)N3CCOCC3)CC(=O)N(C)[C@@H](CC(C)C)C(=O)N[C@@H]([C@@H](C)CC)C(=O)N(C)CC(=O)N(C)[C@H]3CC(C)=CCN(C3=O)[C@@H](CC3CCC(C(F)(F)F)CC3)C(=O)N(C)CC(=O)N[C@@H](CCC3CC(F)C(C(F)(F)F)C(F)C3)C(=O)N2C1. The Bertz CT molecular complexity index is 3370. The van der Waals surface area contributed by atoms with Gasteiger partial charge in [0.15, 0.2) is 0 Å². The van der Waals surface area contributed by atoms with Gasteiger partial charge in [0.25, 0.3) is 0 Å². The number of carbonyl (C=O) groups excluding carboxylic acids is 12. The topological polar surface area (TPSA) is 289 Å². The predicted molar refractivity (Wildman–Crippen MR) is 394 cm³/mol. The molecule has 26 nitrogen and oxygen atoms in total. The highest BCUT2D eigenvalue weighted by Crippen LogP contribution is 2.46. The molecular weight excluding hydrogens is 1480 g/mol. The van der Waals surface area contributed by atoms with Gasteiger partial charge >= 0.3 is 12.4 Å². The first-order chi connectivity index (χ1) is 52.6. The third-order valence-corrected chi connectivity index (χ3v) is 25.1. The Hall–Kier alpha value is -7.26. The molecular formula is C78H120F8N12O14. The summed E-state index contributed by atoms with van der Waals surface area (Å²) < 4.78 is 127. The summed E-state index contributed by atoms with van der Waals surface area (Å²) in [5.74, 6) is -17.0. The van der Waals surface area contributed by atoms with Crippen LogP contribution < -0.4 is 16.0 Å². The highest BCUT2D eigenvalue weighted by molar-refractivity contribution is 6.01. The molecule has 3 saturated heterocycles. The second kappa shape index (κ2) is 38.9. The maximum atomic E-state index is 15.8. The van der Waals surface area contributed by atoms with Crippen molar-refractivity contribution in [1.29, 1.82) is 0 Å². The molecule has 0 aromatic carbocycles. The first-order valence-electron chi connectivity index (χ1n) is 40.3. The highest BCUT2D eigenvalue weighted by atomic mass is 19.4. The Kier molecular flexibility index (Phi) is 31.4. The predicted octanol–water partition coefficient (Wildman–Crippen LogP) is 6.51. The van der Waals surface area contributed by atoms with Crippen LogP contribution in [0.4, 0.5) is 35.1 Å².